The molecule has 3 aromatic heterocycles. The van der Waals surface area contributed by atoms with Crippen LogP contribution in [0.5, 0.6) is 0 Å². The van der Waals surface area contributed by atoms with Gasteiger partial charge in [-0.25, -0.2) is 0 Å². The fourth-order valence-electron chi connectivity index (χ4n) is 4.54. The van der Waals surface area contributed by atoms with Gasteiger partial charge in [-0.1, -0.05) is 36.0 Å². The average Bonchev–Trinajstić information content (AvgIpc) is 3.25. The van der Waals surface area contributed by atoms with Crippen LogP contribution in [0.1, 0.15) is 29.7 Å². The first-order chi connectivity index (χ1) is 15.7. The molecule has 1 aliphatic heterocycles. The normalized spacial score (nSPS) is 16.3. The molecular weight excluding hydrogens is 424 g/mol. The van der Waals surface area contributed by atoms with Crippen LogP contribution >= 0.6 is 11.8 Å². The summed E-state index contributed by atoms with van der Waals surface area (Å²) in [5, 5.41) is 9.34. The Bertz CT molecular complexity index is 1240. The van der Waals surface area contributed by atoms with Crippen LogP contribution in [0.4, 0.5) is 0 Å². The summed E-state index contributed by atoms with van der Waals surface area (Å²) in [5.41, 5.74) is 2.87. The number of thioether (sulfide) groups is 1. The van der Waals surface area contributed by atoms with Crippen molar-refractivity contribution in [3.8, 4) is 11.6 Å². The van der Waals surface area contributed by atoms with Crippen LogP contribution in [0.3, 0.4) is 0 Å². The molecule has 1 amide bonds. The van der Waals surface area contributed by atoms with Crippen molar-refractivity contribution in [3.63, 3.8) is 0 Å². The van der Waals surface area contributed by atoms with Gasteiger partial charge in [0.15, 0.2) is 10.9 Å². The highest BCUT2D eigenvalue weighted by Crippen LogP contribution is 2.52. The molecule has 4 aromatic rings. The number of furan rings is 2. The van der Waals surface area contributed by atoms with Gasteiger partial charge in [0.1, 0.15) is 5.76 Å². The average molecular weight is 447 g/mol. The van der Waals surface area contributed by atoms with E-state index < -0.39 is 0 Å². The summed E-state index contributed by atoms with van der Waals surface area (Å²) in [5.74, 6) is 2.47. The Morgan fingerprint density at radius 1 is 1.03 bits per heavy atom. The van der Waals surface area contributed by atoms with E-state index in [1.807, 2.05) is 33.7 Å². The molecule has 1 fully saturated rings. The molecule has 1 aromatic carbocycles. The van der Waals surface area contributed by atoms with E-state index in [2.05, 4.69) is 34.5 Å². The Labute approximate surface area is 189 Å². The van der Waals surface area contributed by atoms with Crippen LogP contribution in [0.2, 0.25) is 0 Å². The Morgan fingerprint density at radius 3 is 2.66 bits per heavy atom. The Hall–Kier alpha value is -3.26. The van der Waals surface area contributed by atoms with Gasteiger partial charge < -0.3 is 13.7 Å². The molecule has 2 aliphatic rings. The van der Waals surface area contributed by atoms with E-state index in [9.17, 15) is 4.79 Å². The molecule has 0 N–H and O–H groups in total. The highest BCUT2D eigenvalue weighted by atomic mass is 32.2. The molecule has 0 saturated heterocycles. The third-order valence-corrected chi connectivity index (χ3v) is 7.28. The minimum Gasteiger partial charge on any atom is -0.467 e. The van der Waals surface area contributed by atoms with Gasteiger partial charge in [-0.3, -0.25) is 9.36 Å². The van der Waals surface area contributed by atoms with Crippen molar-refractivity contribution in [2.24, 2.45) is 0 Å². The second-order valence-electron chi connectivity index (χ2n) is 8.42. The molecule has 32 heavy (non-hydrogen) atoms. The molecule has 1 spiro atoms. The molecule has 1 saturated carbocycles. The summed E-state index contributed by atoms with van der Waals surface area (Å²) >= 11 is 1.41. The maximum Gasteiger partial charge on any atom is 0.233 e. The summed E-state index contributed by atoms with van der Waals surface area (Å²) in [6.45, 7) is 1.95. The minimum absolute atomic E-state index is 0.128. The van der Waals surface area contributed by atoms with Crippen LogP contribution < -0.4 is 0 Å². The van der Waals surface area contributed by atoms with Crippen LogP contribution in [0, 0.1) is 0 Å². The van der Waals surface area contributed by atoms with Crippen LogP contribution in [-0.2, 0) is 23.3 Å². The number of amides is 1. The Balaban J connectivity index is 1.21. The van der Waals surface area contributed by atoms with Gasteiger partial charge in [-0.2, -0.15) is 0 Å². The van der Waals surface area contributed by atoms with E-state index in [1.54, 1.807) is 12.5 Å². The van der Waals surface area contributed by atoms with Gasteiger partial charge in [-0.05, 0) is 48.2 Å². The first-order valence-electron chi connectivity index (χ1n) is 10.7. The number of fused-ring (bicyclic) bond motifs is 2. The van der Waals surface area contributed by atoms with Crippen molar-refractivity contribution >= 4 is 17.7 Å². The molecule has 0 unspecified atom stereocenters. The third-order valence-electron chi connectivity index (χ3n) is 6.33. The largest absolute Gasteiger partial charge is 0.467 e. The first kappa shape index (κ1) is 19.4. The highest BCUT2D eigenvalue weighted by Gasteiger charge is 2.49. The molecule has 162 valence electrons. The molecule has 7 nitrogen and oxygen atoms in total. The minimum atomic E-state index is 0.128. The lowest BCUT2D eigenvalue weighted by Crippen LogP contribution is -2.42. The lowest BCUT2D eigenvalue weighted by Gasteiger charge is -2.35. The fourth-order valence-corrected chi connectivity index (χ4v) is 5.38. The van der Waals surface area contributed by atoms with E-state index in [0.29, 0.717) is 35.6 Å². The van der Waals surface area contributed by atoms with Gasteiger partial charge in [0.05, 0.1) is 24.8 Å². The molecule has 0 radical (unpaired) electrons. The van der Waals surface area contributed by atoms with Gasteiger partial charge in [0.25, 0.3) is 0 Å². The number of benzene rings is 1. The van der Waals surface area contributed by atoms with Gasteiger partial charge in [0.2, 0.25) is 11.7 Å². The van der Waals surface area contributed by atoms with E-state index in [0.717, 1.165) is 25.1 Å². The van der Waals surface area contributed by atoms with Crippen LogP contribution in [0.15, 0.2) is 75.0 Å². The number of hydrogen-bond acceptors (Lipinski definition) is 6. The molecule has 1 aliphatic carbocycles. The topological polar surface area (TPSA) is 77.3 Å². The van der Waals surface area contributed by atoms with E-state index in [1.165, 1.54) is 22.9 Å². The number of rotatable bonds is 6. The maximum atomic E-state index is 13.2. The van der Waals surface area contributed by atoms with E-state index >= 15 is 0 Å². The molecule has 4 heterocycles. The zero-order valence-corrected chi connectivity index (χ0v) is 18.3. The molecule has 0 atom stereocenters. The standard InChI is InChI=1S/C24H22N4O3S/c29-21(27-13-17-5-1-2-7-19(17)24(16-27)9-10-24)15-32-23-26-25-22(20-8-4-12-31-20)28(23)14-18-6-3-11-30-18/h1-8,11-12H,9-10,13-16H2. The smallest absolute Gasteiger partial charge is 0.233 e. The predicted octanol–water partition coefficient (Wildman–Crippen LogP) is 4.35. The summed E-state index contributed by atoms with van der Waals surface area (Å²) in [7, 11) is 0. The lowest BCUT2D eigenvalue weighted by molar-refractivity contribution is -0.129. The SMILES string of the molecule is O=C(CSc1nnc(-c2ccco2)n1Cc1ccco1)N1Cc2ccccc2C2(CC2)C1. The van der Waals surface area contributed by atoms with Crippen molar-refractivity contribution < 1.29 is 13.6 Å². The monoisotopic (exact) mass is 446 g/mol. The van der Waals surface area contributed by atoms with Crippen molar-refractivity contribution in [2.75, 3.05) is 12.3 Å². The summed E-state index contributed by atoms with van der Waals surface area (Å²) in [4.78, 5) is 15.2. The van der Waals surface area contributed by atoms with Crippen molar-refractivity contribution in [1.29, 1.82) is 0 Å². The van der Waals surface area contributed by atoms with Crippen LogP contribution in [-0.4, -0.2) is 37.9 Å². The highest BCUT2D eigenvalue weighted by molar-refractivity contribution is 7.99. The Morgan fingerprint density at radius 2 is 1.88 bits per heavy atom. The molecule has 0 bridgehead atoms. The molecule has 6 rings (SSSR count). The van der Waals surface area contributed by atoms with Gasteiger partial charge >= 0.3 is 0 Å². The maximum absolute atomic E-state index is 13.2. The number of carbonyl (C=O) groups excluding carboxylic acids is 1. The summed E-state index contributed by atoms with van der Waals surface area (Å²) in [6.07, 6.45) is 5.57. The number of nitrogens with zero attached hydrogens (tertiary/aromatic N) is 4. The quantitative estimate of drug-likeness (QED) is 0.410. The van der Waals surface area contributed by atoms with Gasteiger partial charge in [0, 0.05) is 18.5 Å². The molecule has 8 heteroatoms. The predicted molar refractivity (Wildman–Crippen MR) is 119 cm³/mol. The first-order valence-corrected chi connectivity index (χ1v) is 11.7. The van der Waals surface area contributed by atoms with Crippen LogP contribution in [0.25, 0.3) is 11.6 Å². The summed E-state index contributed by atoms with van der Waals surface area (Å²) in [6, 6.07) is 16.0. The zero-order chi connectivity index (χ0) is 21.5. The zero-order valence-electron chi connectivity index (χ0n) is 17.4. The second-order valence-corrected chi connectivity index (χ2v) is 9.37. The third kappa shape index (κ3) is 3.44. The van der Waals surface area contributed by atoms with Crippen molar-refractivity contribution in [1.82, 2.24) is 19.7 Å². The Kier molecular flexibility index (Phi) is 4.68. The summed E-state index contributed by atoms with van der Waals surface area (Å²) < 4.78 is 13.0. The number of aromatic nitrogens is 3. The van der Waals surface area contributed by atoms with Crippen molar-refractivity contribution in [2.45, 2.75) is 36.5 Å². The number of hydrogen-bond donors (Lipinski definition) is 0. The number of carbonyl (C=O) groups is 1. The second kappa shape index (κ2) is 7.70. The molecular formula is C24H22N4O3S. The lowest BCUT2D eigenvalue weighted by atomic mass is 9.87. The van der Waals surface area contributed by atoms with Crippen molar-refractivity contribution in [3.05, 3.63) is 77.9 Å². The fraction of sp³-hybridized carbons (Fsp3) is 0.292. The van der Waals surface area contributed by atoms with E-state index in [4.69, 9.17) is 8.83 Å². The van der Waals surface area contributed by atoms with Gasteiger partial charge in [-0.15, -0.1) is 10.2 Å². The van der Waals surface area contributed by atoms with E-state index in [-0.39, 0.29) is 11.3 Å².